The Labute approximate surface area is 105 Å². The summed E-state index contributed by atoms with van der Waals surface area (Å²) in [5.74, 6) is 0.999. The Morgan fingerprint density at radius 2 is 2.00 bits per heavy atom. The minimum Gasteiger partial charge on any atom is -0.531 e. The highest BCUT2D eigenvalue weighted by molar-refractivity contribution is 6.49. The molecule has 0 aliphatic rings. The lowest BCUT2D eigenvalue weighted by Gasteiger charge is -2.09. The Bertz CT molecular complexity index is 490. The van der Waals surface area contributed by atoms with E-state index >= 15 is 0 Å². The molecule has 1 N–H and O–H groups in total. The molecular formula is C14H20NOSi. The van der Waals surface area contributed by atoms with Gasteiger partial charge in [0.1, 0.15) is 0 Å². The van der Waals surface area contributed by atoms with Crippen molar-refractivity contribution >= 4 is 19.9 Å². The summed E-state index contributed by atoms with van der Waals surface area (Å²) in [5.41, 5.74) is 2.55. The van der Waals surface area contributed by atoms with Crippen LogP contribution in [0.2, 0.25) is 13.1 Å². The third-order valence-electron chi connectivity index (χ3n) is 2.86. The molecule has 2 aromatic rings. The van der Waals surface area contributed by atoms with Gasteiger partial charge in [-0.05, 0) is 32.0 Å². The largest absolute Gasteiger partial charge is 0.531 e. The van der Waals surface area contributed by atoms with Crippen LogP contribution in [0.25, 0.3) is 10.9 Å². The highest BCUT2D eigenvalue weighted by Crippen LogP contribution is 2.29. The van der Waals surface area contributed by atoms with E-state index in [4.69, 9.17) is 4.43 Å². The molecule has 3 heteroatoms. The molecule has 2 rings (SSSR count). The summed E-state index contributed by atoms with van der Waals surface area (Å²) < 4.78 is 5.97. The zero-order valence-corrected chi connectivity index (χ0v) is 11.8. The van der Waals surface area contributed by atoms with E-state index in [1.54, 1.807) is 0 Å². The number of hydrogen-bond acceptors (Lipinski definition) is 1. The number of para-hydroxylation sites is 1. The maximum atomic E-state index is 5.97. The predicted octanol–water partition coefficient (Wildman–Crippen LogP) is 4.14. The van der Waals surface area contributed by atoms with Crippen LogP contribution in [0.4, 0.5) is 0 Å². The third-order valence-corrected chi connectivity index (χ3v) is 3.47. The van der Waals surface area contributed by atoms with Gasteiger partial charge in [0.25, 0.3) is 9.04 Å². The molecule has 0 saturated heterocycles. The fourth-order valence-electron chi connectivity index (χ4n) is 2.07. The molecular weight excluding hydrogens is 226 g/mol. The van der Waals surface area contributed by atoms with Gasteiger partial charge in [-0.25, -0.2) is 0 Å². The first-order valence-corrected chi connectivity index (χ1v) is 8.70. The molecule has 1 aromatic heterocycles. The van der Waals surface area contributed by atoms with Crippen LogP contribution in [-0.4, -0.2) is 14.0 Å². The van der Waals surface area contributed by atoms with E-state index in [0.29, 0.717) is 0 Å². The van der Waals surface area contributed by atoms with Crippen molar-refractivity contribution in [3.05, 3.63) is 29.8 Å². The van der Waals surface area contributed by atoms with Crippen LogP contribution in [0.1, 0.15) is 25.3 Å². The van der Waals surface area contributed by atoms with Crippen LogP contribution in [0, 0.1) is 0 Å². The molecule has 0 aliphatic carbocycles. The van der Waals surface area contributed by atoms with E-state index in [9.17, 15) is 0 Å². The van der Waals surface area contributed by atoms with Gasteiger partial charge in [0.15, 0.2) is 5.88 Å². The minimum atomic E-state index is -0.712. The van der Waals surface area contributed by atoms with Gasteiger partial charge >= 0.3 is 0 Å². The molecule has 1 radical (unpaired) electrons. The van der Waals surface area contributed by atoms with Gasteiger partial charge in [-0.15, -0.1) is 0 Å². The smallest absolute Gasteiger partial charge is 0.276 e. The fourth-order valence-corrected chi connectivity index (χ4v) is 2.65. The topological polar surface area (TPSA) is 25.0 Å². The average Bonchev–Trinajstić information content (AvgIpc) is 2.63. The van der Waals surface area contributed by atoms with Gasteiger partial charge in [0.05, 0.1) is 0 Å². The Morgan fingerprint density at radius 3 is 2.71 bits per heavy atom. The zero-order valence-electron chi connectivity index (χ0n) is 10.8. The van der Waals surface area contributed by atoms with Crippen LogP contribution >= 0.6 is 0 Å². The second-order valence-corrected chi connectivity index (χ2v) is 6.61. The van der Waals surface area contributed by atoms with Crippen molar-refractivity contribution in [2.24, 2.45) is 0 Å². The molecule has 0 spiro atoms. The molecule has 0 fully saturated rings. The van der Waals surface area contributed by atoms with Gasteiger partial charge in [-0.1, -0.05) is 31.5 Å². The van der Waals surface area contributed by atoms with Crippen molar-refractivity contribution in [3.8, 4) is 5.88 Å². The van der Waals surface area contributed by atoms with Crippen molar-refractivity contribution in [1.29, 1.82) is 0 Å². The molecule has 0 bridgehead atoms. The normalized spacial score (nSPS) is 11.3. The Kier molecular flexibility index (Phi) is 3.89. The Balaban J connectivity index is 2.41. The third kappa shape index (κ3) is 2.72. The van der Waals surface area contributed by atoms with Gasteiger partial charge in [0, 0.05) is 16.5 Å². The number of aromatic nitrogens is 1. The number of unbranched alkanes of at least 4 members (excludes halogenated alkanes) is 1. The molecule has 0 unspecified atom stereocenters. The lowest BCUT2D eigenvalue weighted by atomic mass is 10.1. The maximum Gasteiger partial charge on any atom is 0.276 e. The Hall–Kier alpha value is -1.22. The summed E-state index contributed by atoms with van der Waals surface area (Å²) in [7, 11) is -0.712. The number of fused-ring (bicyclic) bond motifs is 1. The molecule has 0 saturated carbocycles. The number of aryl methyl sites for hydroxylation is 1. The number of aromatic amines is 1. The van der Waals surface area contributed by atoms with Crippen LogP contribution in [0.3, 0.4) is 0 Å². The minimum absolute atomic E-state index is 0.712. The van der Waals surface area contributed by atoms with E-state index in [-0.39, 0.29) is 0 Å². The van der Waals surface area contributed by atoms with Crippen molar-refractivity contribution < 1.29 is 4.43 Å². The van der Waals surface area contributed by atoms with Gasteiger partial charge < -0.3 is 9.41 Å². The van der Waals surface area contributed by atoms with Crippen molar-refractivity contribution in [2.75, 3.05) is 0 Å². The molecule has 91 valence electrons. The van der Waals surface area contributed by atoms with Crippen LogP contribution in [-0.2, 0) is 6.42 Å². The first-order valence-electron chi connectivity index (χ1n) is 6.30. The summed E-state index contributed by atoms with van der Waals surface area (Å²) in [5, 5.41) is 1.32. The summed E-state index contributed by atoms with van der Waals surface area (Å²) in [6.45, 7) is 6.56. The van der Waals surface area contributed by atoms with Gasteiger partial charge in [0.2, 0.25) is 0 Å². The second-order valence-electron chi connectivity index (χ2n) is 4.59. The fraction of sp³-hybridized carbons (Fsp3) is 0.429. The SMILES string of the molecule is CCCCc1c(O[Si](C)C)[nH]c2ccccc12. The van der Waals surface area contributed by atoms with Crippen molar-refractivity contribution in [3.63, 3.8) is 0 Å². The van der Waals surface area contributed by atoms with Crippen LogP contribution in [0.5, 0.6) is 5.88 Å². The number of rotatable bonds is 5. The van der Waals surface area contributed by atoms with Crippen LogP contribution in [0.15, 0.2) is 24.3 Å². The zero-order chi connectivity index (χ0) is 12.3. The molecule has 0 amide bonds. The van der Waals surface area contributed by atoms with E-state index in [1.165, 1.54) is 29.3 Å². The first-order chi connectivity index (χ1) is 8.22. The van der Waals surface area contributed by atoms with Crippen molar-refractivity contribution in [2.45, 2.75) is 39.3 Å². The van der Waals surface area contributed by atoms with E-state index < -0.39 is 9.04 Å². The summed E-state index contributed by atoms with van der Waals surface area (Å²) >= 11 is 0. The molecule has 1 aromatic carbocycles. The maximum absolute atomic E-state index is 5.97. The monoisotopic (exact) mass is 246 g/mol. The highest BCUT2D eigenvalue weighted by Gasteiger charge is 2.13. The summed E-state index contributed by atoms with van der Waals surface area (Å²) in [4.78, 5) is 3.41. The molecule has 2 nitrogen and oxygen atoms in total. The lowest BCUT2D eigenvalue weighted by Crippen LogP contribution is -2.12. The molecule has 0 atom stereocenters. The number of nitrogens with one attached hydrogen (secondary N) is 1. The van der Waals surface area contributed by atoms with Gasteiger partial charge in [-0.3, -0.25) is 0 Å². The van der Waals surface area contributed by atoms with E-state index in [1.807, 2.05) is 0 Å². The predicted molar refractivity (Wildman–Crippen MR) is 75.0 cm³/mol. The Morgan fingerprint density at radius 1 is 1.24 bits per heavy atom. The van der Waals surface area contributed by atoms with Crippen molar-refractivity contribution in [1.82, 2.24) is 4.98 Å². The lowest BCUT2D eigenvalue weighted by molar-refractivity contribution is 0.551. The quantitative estimate of drug-likeness (QED) is 0.788. The highest BCUT2D eigenvalue weighted by atomic mass is 28.3. The van der Waals surface area contributed by atoms with E-state index in [0.717, 1.165) is 12.3 Å². The second kappa shape index (κ2) is 5.41. The standard InChI is InChI=1S/C14H20NOSi/c1-4-5-8-12-11-9-6-7-10-13(11)15-14(12)16-17(2)3/h6-7,9-10,15H,4-5,8H2,1-3H3. The average molecular weight is 246 g/mol. The van der Waals surface area contributed by atoms with Crippen LogP contribution < -0.4 is 4.43 Å². The van der Waals surface area contributed by atoms with E-state index in [2.05, 4.69) is 49.3 Å². The first kappa shape index (κ1) is 12.2. The van der Waals surface area contributed by atoms with Gasteiger partial charge in [-0.2, -0.15) is 0 Å². The summed E-state index contributed by atoms with van der Waals surface area (Å²) in [6, 6.07) is 8.46. The number of hydrogen-bond donors (Lipinski definition) is 1. The summed E-state index contributed by atoms with van der Waals surface area (Å²) in [6.07, 6.45) is 3.54. The molecule has 0 aliphatic heterocycles. The molecule has 17 heavy (non-hydrogen) atoms. The number of benzene rings is 1. The molecule has 1 heterocycles. The number of H-pyrrole nitrogens is 1.